The van der Waals surface area contributed by atoms with Gasteiger partial charge in [-0.15, -0.1) is 12.4 Å². The standard InChI is InChI=1S/C17H21F2N3O3.ClH/c1-3-13-16(24)22-11-5-4-10(6-14(11)25-13)9(2)21-15(23)12-7-17(18,19)8-20-12;/h4-6,9,12-13,20H,3,7-8H2,1-2H3,(H,21,23)(H,22,24);1H. The number of hydrogen-bond acceptors (Lipinski definition) is 4. The van der Waals surface area contributed by atoms with Crippen LogP contribution in [0.2, 0.25) is 0 Å². The average molecular weight is 390 g/mol. The highest BCUT2D eigenvalue weighted by Crippen LogP contribution is 2.33. The molecule has 3 rings (SSSR count). The van der Waals surface area contributed by atoms with E-state index in [4.69, 9.17) is 4.74 Å². The molecule has 144 valence electrons. The molecule has 1 saturated heterocycles. The molecule has 2 aliphatic rings. The number of anilines is 1. The topological polar surface area (TPSA) is 79.5 Å². The van der Waals surface area contributed by atoms with Crippen LogP contribution in [0.15, 0.2) is 18.2 Å². The van der Waals surface area contributed by atoms with Gasteiger partial charge in [0.25, 0.3) is 11.8 Å². The van der Waals surface area contributed by atoms with E-state index in [9.17, 15) is 18.4 Å². The van der Waals surface area contributed by atoms with Crippen LogP contribution in [0.25, 0.3) is 0 Å². The van der Waals surface area contributed by atoms with Crippen molar-refractivity contribution >= 4 is 29.9 Å². The summed E-state index contributed by atoms with van der Waals surface area (Å²) in [5.74, 6) is -2.95. The van der Waals surface area contributed by atoms with Crippen LogP contribution in [0.3, 0.4) is 0 Å². The Bertz CT molecular complexity index is 702. The smallest absolute Gasteiger partial charge is 0.265 e. The molecule has 0 bridgehead atoms. The number of benzene rings is 1. The number of halogens is 3. The number of ether oxygens (including phenoxy) is 1. The van der Waals surface area contributed by atoms with E-state index in [-0.39, 0.29) is 24.4 Å². The van der Waals surface area contributed by atoms with Gasteiger partial charge in [-0.2, -0.15) is 0 Å². The second-order valence-corrected chi connectivity index (χ2v) is 6.48. The molecule has 0 saturated carbocycles. The van der Waals surface area contributed by atoms with E-state index in [1.165, 1.54) is 0 Å². The van der Waals surface area contributed by atoms with Crippen molar-refractivity contribution in [1.82, 2.24) is 10.6 Å². The first-order chi connectivity index (χ1) is 11.8. The first kappa shape index (κ1) is 20.4. The summed E-state index contributed by atoms with van der Waals surface area (Å²) in [5, 5.41) is 8.05. The molecule has 26 heavy (non-hydrogen) atoms. The number of rotatable bonds is 4. The van der Waals surface area contributed by atoms with Crippen molar-refractivity contribution in [2.75, 3.05) is 11.9 Å². The van der Waals surface area contributed by atoms with Crippen molar-refractivity contribution in [3.8, 4) is 5.75 Å². The number of hydrogen-bond donors (Lipinski definition) is 3. The fourth-order valence-corrected chi connectivity index (χ4v) is 3.00. The van der Waals surface area contributed by atoms with Gasteiger partial charge in [0, 0.05) is 6.42 Å². The van der Waals surface area contributed by atoms with Crippen LogP contribution in [0.1, 0.15) is 38.3 Å². The molecular weight excluding hydrogens is 368 g/mol. The fourth-order valence-electron chi connectivity index (χ4n) is 3.00. The highest BCUT2D eigenvalue weighted by Gasteiger charge is 2.42. The lowest BCUT2D eigenvalue weighted by Gasteiger charge is -2.26. The third kappa shape index (κ3) is 4.24. The Morgan fingerprint density at radius 2 is 2.19 bits per heavy atom. The monoisotopic (exact) mass is 389 g/mol. The van der Waals surface area contributed by atoms with E-state index in [1.54, 1.807) is 25.1 Å². The average Bonchev–Trinajstić information content (AvgIpc) is 2.93. The summed E-state index contributed by atoms with van der Waals surface area (Å²) < 4.78 is 32.1. The molecule has 6 nitrogen and oxygen atoms in total. The summed E-state index contributed by atoms with van der Waals surface area (Å²) in [5.41, 5.74) is 1.34. The van der Waals surface area contributed by atoms with Crippen LogP contribution in [0, 0.1) is 0 Å². The molecule has 3 unspecified atom stereocenters. The molecule has 2 aliphatic heterocycles. The van der Waals surface area contributed by atoms with Gasteiger partial charge < -0.3 is 15.4 Å². The summed E-state index contributed by atoms with van der Waals surface area (Å²) in [7, 11) is 0. The van der Waals surface area contributed by atoms with E-state index in [2.05, 4.69) is 16.0 Å². The molecule has 3 N–H and O–H groups in total. The normalized spacial score (nSPS) is 24.5. The highest BCUT2D eigenvalue weighted by molar-refractivity contribution is 5.97. The first-order valence-electron chi connectivity index (χ1n) is 8.32. The fraction of sp³-hybridized carbons (Fsp3) is 0.529. The van der Waals surface area contributed by atoms with Gasteiger partial charge in [0.15, 0.2) is 6.10 Å². The summed E-state index contributed by atoms with van der Waals surface area (Å²) in [6.45, 7) is 3.14. The van der Waals surface area contributed by atoms with Gasteiger partial charge in [-0.05, 0) is 31.0 Å². The first-order valence-corrected chi connectivity index (χ1v) is 8.32. The van der Waals surface area contributed by atoms with Crippen molar-refractivity contribution in [3.05, 3.63) is 23.8 Å². The van der Waals surface area contributed by atoms with E-state index in [0.29, 0.717) is 17.9 Å². The van der Waals surface area contributed by atoms with E-state index in [1.807, 2.05) is 6.92 Å². The van der Waals surface area contributed by atoms with E-state index >= 15 is 0 Å². The third-order valence-corrected chi connectivity index (χ3v) is 4.48. The van der Waals surface area contributed by atoms with Gasteiger partial charge in [-0.25, -0.2) is 8.78 Å². The van der Waals surface area contributed by atoms with Crippen molar-refractivity contribution in [2.45, 2.75) is 50.8 Å². The maximum Gasteiger partial charge on any atom is 0.265 e. The van der Waals surface area contributed by atoms with Crippen LogP contribution >= 0.6 is 12.4 Å². The second-order valence-electron chi connectivity index (χ2n) is 6.48. The van der Waals surface area contributed by atoms with Gasteiger partial charge in [-0.3, -0.25) is 14.9 Å². The number of nitrogens with one attached hydrogen (secondary N) is 3. The summed E-state index contributed by atoms with van der Waals surface area (Å²) >= 11 is 0. The molecule has 1 aromatic carbocycles. The summed E-state index contributed by atoms with van der Waals surface area (Å²) in [6, 6.07) is 3.94. The van der Waals surface area contributed by atoms with Crippen molar-refractivity contribution in [2.24, 2.45) is 0 Å². The van der Waals surface area contributed by atoms with Crippen molar-refractivity contribution in [1.29, 1.82) is 0 Å². The van der Waals surface area contributed by atoms with Gasteiger partial charge in [0.2, 0.25) is 5.91 Å². The Balaban J connectivity index is 0.00000243. The SMILES string of the molecule is CCC1Oc2cc(C(C)NC(=O)C3CC(F)(F)CN3)ccc2NC1=O.Cl. The Kier molecular flexibility index (Phi) is 6.08. The molecule has 2 amide bonds. The Labute approximate surface area is 156 Å². The minimum absolute atomic E-state index is 0. The molecule has 0 aromatic heterocycles. The predicted molar refractivity (Wildman–Crippen MR) is 94.9 cm³/mol. The Morgan fingerprint density at radius 3 is 2.81 bits per heavy atom. The van der Waals surface area contributed by atoms with Crippen LogP contribution in [-0.4, -0.2) is 36.4 Å². The molecule has 3 atom stereocenters. The van der Waals surface area contributed by atoms with Crippen LogP contribution in [0.4, 0.5) is 14.5 Å². The van der Waals surface area contributed by atoms with Crippen molar-refractivity contribution < 1.29 is 23.1 Å². The van der Waals surface area contributed by atoms with Gasteiger partial charge in [0.05, 0.1) is 24.3 Å². The van der Waals surface area contributed by atoms with Crippen LogP contribution in [-0.2, 0) is 9.59 Å². The molecule has 0 radical (unpaired) electrons. The van der Waals surface area contributed by atoms with Gasteiger partial charge in [0.1, 0.15) is 5.75 Å². The number of fused-ring (bicyclic) bond motifs is 1. The lowest BCUT2D eigenvalue weighted by molar-refractivity contribution is -0.124. The molecule has 0 spiro atoms. The number of carbonyl (C=O) groups is 2. The zero-order valence-corrected chi connectivity index (χ0v) is 15.3. The maximum atomic E-state index is 13.2. The maximum absolute atomic E-state index is 13.2. The lowest BCUT2D eigenvalue weighted by atomic mass is 10.0. The zero-order chi connectivity index (χ0) is 18.2. The predicted octanol–water partition coefficient (Wildman–Crippen LogP) is 2.39. The van der Waals surface area contributed by atoms with Gasteiger partial charge >= 0.3 is 0 Å². The third-order valence-electron chi connectivity index (χ3n) is 4.48. The quantitative estimate of drug-likeness (QED) is 0.738. The Morgan fingerprint density at radius 1 is 1.46 bits per heavy atom. The van der Waals surface area contributed by atoms with Crippen molar-refractivity contribution in [3.63, 3.8) is 0 Å². The van der Waals surface area contributed by atoms with Crippen LogP contribution < -0.4 is 20.7 Å². The molecule has 1 fully saturated rings. The molecule has 9 heteroatoms. The van der Waals surface area contributed by atoms with E-state index in [0.717, 1.165) is 5.56 Å². The highest BCUT2D eigenvalue weighted by atomic mass is 35.5. The minimum atomic E-state index is -2.85. The summed E-state index contributed by atoms with van der Waals surface area (Å²) in [6.07, 6.45) is -0.496. The molecule has 2 heterocycles. The number of carbonyl (C=O) groups excluding carboxylic acids is 2. The molecular formula is C17H22ClF2N3O3. The molecule has 0 aliphatic carbocycles. The molecule has 1 aromatic rings. The summed E-state index contributed by atoms with van der Waals surface area (Å²) in [4.78, 5) is 23.9. The zero-order valence-electron chi connectivity index (χ0n) is 14.5. The van der Waals surface area contributed by atoms with Gasteiger partial charge in [-0.1, -0.05) is 13.0 Å². The number of amides is 2. The van der Waals surface area contributed by atoms with E-state index < -0.39 is 36.9 Å². The van der Waals surface area contributed by atoms with Crippen LogP contribution in [0.5, 0.6) is 5.75 Å². The lowest BCUT2D eigenvalue weighted by Crippen LogP contribution is -2.41. The Hall–Kier alpha value is -1.93. The minimum Gasteiger partial charge on any atom is -0.478 e. The number of alkyl halides is 2. The largest absolute Gasteiger partial charge is 0.478 e. The second kappa shape index (κ2) is 7.75.